The summed E-state index contributed by atoms with van der Waals surface area (Å²) in [5, 5.41) is 6.23. The molecule has 0 aliphatic carbocycles. The van der Waals surface area contributed by atoms with Gasteiger partial charge in [-0.1, -0.05) is 32.0 Å². The number of rotatable bonds is 4. The minimum atomic E-state index is -4.40. The largest absolute Gasteiger partial charge is 0.416 e. The normalized spacial score (nSPS) is 22.4. The van der Waals surface area contributed by atoms with E-state index in [0.29, 0.717) is 24.4 Å². The van der Waals surface area contributed by atoms with Crippen molar-refractivity contribution in [1.29, 1.82) is 0 Å². The molecular weight excluding hydrogens is 341 g/mol. The Bertz CT molecular complexity index is 551. The number of amides is 1. The first-order valence-corrected chi connectivity index (χ1v) is 8.01. The molecule has 0 saturated carbocycles. The van der Waals surface area contributed by atoms with Gasteiger partial charge in [0.2, 0.25) is 5.91 Å². The molecule has 1 heterocycles. The number of hydrogen-bond acceptors (Lipinski definition) is 2. The lowest BCUT2D eigenvalue weighted by Gasteiger charge is -2.31. The van der Waals surface area contributed by atoms with Crippen LogP contribution in [-0.4, -0.2) is 25.0 Å². The monoisotopic (exact) mass is 364 g/mol. The molecule has 7 heteroatoms. The number of benzene rings is 1. The Hall–Kier alpha value is -1.27. The Kier molecular flexibility index (Phi) is 7.55. The van der Waals surface area contributed by atoms with Gasteiger partial charge in [0.15, 0.2) is 0 Å². The Balaban J connectivity index is 0.00000288. The van der Waals surface area contributed by atoms with Crippen LogP contribution < -0.4 is 10.6 Å². The fraction of sp³-hybridized carbons (Fsp3) is 0.588. The molecule has 0 bridgehead atoms. The number of hydrogen-bond donors (Lipinski definition) is 2. The number of piperidine rings is 1. The lowest BCUT2D eigenvalue weighted by Crippen LogP contribution is -2.51. The summed E-state index contributed by atoms with van der Waals surface area (Å²) in [7, 11) is 0. The molecule has 3 nitrogen and oxygen atoms in total. The van der Waals surface area contributed by atoms with Crippen LogP contribution in [0.1, 0.15) is 43.7 Å². The Morgan fingerprint density at radius 2 is 2.12 bits per heavy atom. The molecule has 0 aromatic heterocycles. The van der Waals surface area contributed by atoms with Gasteiger partial charge >= 0.3 is 6.18 Å². The lowest BCUT2D eigenvalue weighted by atomic mass is 9.91. The van der Waals surface area contributed by atoms with E-state index in [1.54, 1.807) is 6.07 Å². The quantitative estimate of drug-likeness (QED) is 0.854. The van der Waals surface area contributed by atoms with Crippen LogP contribution in [0.3, 0.4) is 0 Å². The molecular formula is C17H24ClF3N2O. The van der Waals surface area contributed by atoms with Gasteiger partial charge in [-0.15, -0.1) is 12.4 Å². The maximum absolute atomic E-state index is 12.9. The van der Waals surface area contributed by atoms with E-state index in [4.69, 9.17) is 0 Å². The van der Waals surface area contributed by atoms with E-state index in [-0.39, 0.29) is 24.4 Å². The second-order valence-corrected chi connectivity index (χ2v) is 6.17. The van der Waals surface area contributed by atoms with Crippen molar-refractivity contribution in [2.75, 3.05) is 13.1 Å². The smallest absolute Gasteiger partial charge is 0.351 e. The van der Waals surface area contributed by atoms with Gasteiger partial charge < -0.3 is 10.6 Å². The van der Waals surface area contributed by atoms with E-state index in [1.807, 2.05) is 6.92 Å². The highest BCUT2D eigenvalue weighted by Gasteiger charge is 2.32. The summed E-state index contributed by atoms with van der Waals surface area (Å²) >= 11 is 0. The zero-order chi connectivity index (χ0) is 17.0. The first-order chi connectivity index (χ1) is 10.8. The van der Waals surface area contributed by atoms with Crippen molar-refractivity contribution < 1.29 is 18.0 Å². The second kappa shape index (κ2) is 8.72. The van der Waals surface area contributed by atoms with Crippen LogP contribution in [0.15, 0.2) is 24.3 Å². The average molecular weight is 365 g/mol. The van der Waals surface area contributed by atoms with Crippen molar-refractivity contribution in [1.82, 2.24) is 10.6 Å². The zero-order valence-corrected chi connectivity index (χ0v) is 14.6. The standard InChI is InChI=1S/C17H23F3N2O.ClH/c1-3-14(12-5-4-6-13(9-12)17(18,19)20)16(23)22-15-10-21-8-7-11(15)2;/h4-6,9,11,14-15,21H,3,7-8,10H2,1-2H3,(H,22,23);1H. The molecule has 0 radical (unpaired) electrons. The highest BCUT2D eigenvalue weighted by molar-refractivity contribution is 5.85. The van der Waals surface area contributed by atoms with E-state index >= 15 is 0 Å². The van der Waals surface area contributed by atoms with E-state index in [9.17, 15) is 18.0 Å². The topological polar surface area (TPSA) is 41.1 Å². The molecule has 3 unspecified atom stereocenters. The van der Waals surface area contributed by atoms with Crippen LogP contribution in [0.4, 0.5) is 13.2 Å². The summed E-state index contributed by atoms with van der Waals surface area (Å²) < 4.78 is 38.6. The number of carbonyl (C=O) groups excluding carboxylic acids is 1. The van der Waals surface area contributed by atoms with Crippen molar-refractivity contribution >= 4 is 18.3 Å². The van der Waals surface area contributed by atoms with Crippen LogP contribution in [0.2, 0.25) is 0 Å². The molecule has 1 saturated heterocycles. The highest BCUT2D eigenvalue weighted by Crippen LogP contribution is 2.32. The maximum atomic E-state index is 12.9. The first-order valence-electron chi connectivity index (χ1n) is 8.01. The first kappa shape index (κ1) is 20.8. The fourth-order valence-electron chi connectivity index (χ4n) is 2.97. The highest BCUT2D eigenvalue weighted by atomic mass is 35.5. The fourth-order valence-corrected chi connectivity index (χ4v) is 2.97. The van der Waals surface area contributed by atoms with Gasteiger partial charge in [-0.2, -0.15) is 13.2 Å². The van der Waals surface area contributed by atoms with E-state index in [2.05, 4.69) is 17.6 Å². The Labute approximate surface area is 146 Å². The molecule has 24 heavy (non-hydrogen) atoms. The van der Waals surface area contributed by atoms with E-state index in [1.165, 1.54) is 6.07 Å². The minimum Gasteiger partial charge on any atom is -0.351 e. The molecule has 1 aromatic carbocycles. The molecule has 136 valence electrons. The third-order valence-corrected chi connectivity index (χ3v) is 4.50. The summed E-state index contributed by atoms with van der Waals surface area (Å²) in [6.07, 6.45) is -2.96. The molecule has 2 N–H and O–H groups in total. The van der Waals surface area contributed by atoms with Crippen LogP contribution in [0.25, 0.3) is 0 Å². The molecule has 1 aromatic rings. The van der Waals surface area contributed by atoms with Crippen molar-refractivity contribution in [3.8, 4) is 0 Å². The number of alkyl halides is 3. The zero-order valence-electron chi connectivity index (χ0n) is 13.8. The van der Waals surface area contributed by atoms with Crippen molar-refractivity contribution in [2.24, 2.45) is 5.92 Å². The van der Waals surface area contributed by atoms with Gasteiger partial charge in [-0.3, -0.25) is 4.79 Å². The molecule has 1 aliphatic rings. The molecule has 1 aliphatic heterocycles. The molecule has 2 rings (SSSR count). The Morgan fingerprint density at radius 1 is 1.42 bits per heavy atom. The van der Waals surface area contributed by atoms with E-state index < -0.39 is 17.7 Å². The summed E-state index contributed by atoms with van der Waals surface area (Å²) in [5.41, 5.74) is -0.301. The van der Waals surface area contributed by atoms with Crippen molar-refractivity contribution in [3.63, 3.8) is 0 Å². The molecule has 1 fully saturated rings. The predicted octanol–water partition coefficient (Wildman–Crippen LogP) is 3.74. The molecule has 3 atom stereocenters. The average Bonchev–Trinajstić information content (AvgIpc) is 2.50. The lowest BCUT2D eigenvalue weighted by molar-refractivity contribution is -0.137. The third-order valence-electron chi connectivity index (χ3n) is 4.50. The van der Waals surface area contributed by atoms with Crippen molar-refractivity contribution in [3.05, 3.63) is 35.4 Å². The molecule has 0 spiro atoms. The van der Waals surface area contributed by atoms with Crippen LogP contribution in [0, 0.1) is 5.92 Å². The van der Waals surface area contributed by atoms with Gasteiger partial charge in [0, 0.05) is 12.6 Å². The van der Waals surface area contributed by atoms with Gasteiger partial charge in [0.25, 0.3) is 0 Å². The maximum Gasteiger partial charge on any atom is 0.416 e. The van der Waals surface area contributed by atoms with Gasteiger partial charge in [0.05, 0.1) is 11.5 Å². The van der Waals surface area contributed by atoms with Crippen molar-refractivity contribution in [2.45, 2.75) is 44.8 Å². The summed E-state index contributed by atoms with van der Waals surface area (Å²) in [6.45, 7) is 5.52. The van der Waals surface area contributed by atoms with E-state index in [0.717, 1.165) is 25.1 Å². The summed E-state index contributed by atoms with van der Waals surface area (Å²) in [4.78, 5) is 12.5. The van der Waals surface area contributed by atoms with Crippen LogP contribution in [-0.2, 0) is 11.0 Å². The summed E-state index contributed by atoms with van der Waals surface area (Å²) in [6, 6.07) is 5.08. The van der Waals surface area contributed by atoms with Crippen LogP contribution >= 0.6 is 12.4 Å². The third kappa shape index (κ3) is 5.11. The van der Waals surface area contributed by atoms with Gasteiger partial charge in [-0.05, 0) is 36.9 Å². The molecule has 1 amide bonds. The number of carbonyl (C=O) groups is 1. The Morgan fingerprint density at radius 3 is 2.71 bits per heavy atom. The van der Waals surface area contributed by atoms with Crippen LogP contribution in [0.5, 0.6) is 0 Å². The predicted molar refractivity (Wildman–Crippen MR) is 90.3 cm³/mol. The SMILES string of the molecule is CCC(C(=O)NC1CNCCC1C)c1cccc(C(F)(F)F)c1.Cl. The van der Waals surface area contributed by atoms with Gasteiger partial charge in [-0.25, -0.2) is 0 Å². The second-order valence-electron chi connectivity index (χ2n) is 6.17. The number of nitrogens with one attached hydrogen (secondary N) is 2. The number of halogens is 4. The minimum absolute atomic E-state index is 0. The summed E-state index contributed by atoms with van der Waals surface area (Å²) in [5.74, 6) is -0.405. The van der Waals surface area contributed by atoms with Gasteiger partial charge in [0.1, 0.15) is 0 Å².